The minimum absolute atomic E-state index is 0.0126. The number of hydrogen-bond acceptors (Lipinski definition) is 30. The Balaban J connectivity index is 0.000000130. The number of methoxy groups -OCH3 is 2. The van der Waals surface area contributed by atoms with Crippen LogP contribution in [0.25, 0.3) is 0 Å². The predicted molar refractivity (Wildman–Crippen MR) is 449 cm³/mol. The summed E-state index contributed by atoms with van der Waals surface area (Å²) >= 11 is 0. The molecule has 30 heteroatoms. The highest BCUT2D eigenvalue weighted by molar-refractivity contribution is 5.84. The first kappa shape index (κ1) is 87.7. The fraction of sp³-hybridized carbons (Fsp3) is 0.188. The third-order valence-corrected chi connectivity index (χ3v) is 21.0. The number of esters is 6. The van der Waals surface area contributed by atoms with E-state index in [0.29, 0.717) is 70.3 Å². The van der Waals surface area contributed by atoms with E-state index in [2.05, 4.69) is 0 Å². The predicted octanol–water partition coefficient (Wildman–Crippen LogP) is 15.5. The SMILES string of the molecule is CCOc1cc(O)cc2c1[C@@H](c1ccc(O)cc1)CC(=O)O2.CCOc1cc(O)cc2c1[C@H](c1ccc(O)cc1)CC(=O)O2.COc1cc(O)cc2c1[C@@H](c1ccc(O)cc1)CC(=O)O2.COc1cc(O)cc2c1[C@H](c1ccc(O)cc1)CC(=O)O2.O=C1C[C@@H](c2ccc(O)cc2)c2c(O)cc(O)cc2O1.O=C1C[C@H](c2ccc(O)cc2)c2c(O)cc(O)cc2O1. The molecule has 12 aromatic rings. The maximum absolute atomic E-state index is 11.9. The normalized spacial score (nSPS) is 17.0. The first-order chi connectivity index (χ1) is 60.4. The lowest BCUT2D eigenvalue weighted by Gasteiger charge is -2.27. The molecule has 126 heavy (non-hydrogen) atoms. The molecule has 6 atom stereocenters. The molecule has 0 aliphatic carbocycles. The fourth-order valence-electron chi connectivity index (χ4n) is 15.6. The molecule has 14 N–H and O–H groups in total. The molecule has 0 aromatic heterocycles. The molecule has 648 valence electrons. The van der Waals surface area contributed by atoms with Crippen LogP contribution < -0.4 is 47.4 Å². The summed E-state index contributed by atoms with van der Waals surface area (Å²) < 4.78 is 52.8. The van der Waals surface area contributed by atoms with E-state index in [1.807, 2.05) is 13.8 Å². The molecule has 12 aromatic carbocycles. The summed E-state index contributed by atoms with van der Waals surface area (Å²) in [5, 5.41) is 134. The summed E-state index contributed by atoms with van der Waals surface area (Å²) in [5.41, 5.74) is 8.91. The molecule has 18 rings (SSSR count). The van der Waals surface area contributed by atoms with Crippen molar-refractivity contribution in [3.63, 3.8) is 0 Å². The van der Waals surface area contributed by atoms with Gasteiger partial charge in [0.05, 0.1) is 66.0 Å². The number of rotatable bonds is 12. The molecule has 30 nitrogen and oxygen atoms in total. The summed E-state index contributed by atoms with van der Waals surface area (Å²) in [6.45, 7) is 4.57. The standard InChI is InChI=1S/2C17H16O5.2C16H14O5.2C15H12O5/c2*1-2-21-14-7-12(19)8-15-17(14)13(9-16(20)22-15)10-3-5-11(18)6-4-10;2*1-20-13-6-11(18)7-14-16(13)12(8-15(19)21-14)9-2-4-10(17)5-3-9;2*16-9-3-1-8(2-4-9)11-7-14(19)20-13-6-10(17)5-12(18)15(11)13/h2*3-8,13,18-19H,2,9H2,1H3;2*2-7,12,17-18H,8H2,1H3;2*1-6,11,16-18H,7H2/t2*13-;2*12-;2*11-/m101010/s1. The van der Waals surface area contributed by atoms with E-state index in [-0.39, 0.29) is 190 Å². The Morgan fingerprint density at radius 2 is 0.397 bits per heavy atom. The molecule has 0 saturated carbocycles. The van der Waals surface area contributed by atoms with E-state index in [1.54, 1.807) is 121 Å². The maximum Gasteiger partial charge on any atom is 0.312 e. The molecule has 0 spiro atoms. The van der Waals surface area contributed by atoms with Crippen molar-refractivity contribution < 1.29 is 148 Å². The Morgan fingerprint density at radius 3 is 0.587 bits per heavy atom. The average Bonchev–Trinajstić information content (AvgIpc) is 0.804. The van der Waals surface area contributed by atoms with Crippen LogP contribution in [-0.2, 0) is 28.8 Å². The number of benzene rings is 12. The summed E-state index contributed by atoms with van der Waals surface area (Å²) in [5.74, 6) is -0.226. The second-order valence-electron chi connectivity index (χ2n) is 29.4. The number of aromatic hydroxyl groups is 14. The van der Waals surface area contributed by atoms with Crippen LogP contribution in [0, 0.1) is 0 Å². The van der Waals surface area contributed by atoms with Crippen LogP contribution in [-0.4, -0.2) is 135 Å². The monoisotopic (exact) mass is 1720 g/mol. The summed E-state index contributed by atoms with van der Waals surface area (Å²) in [6, 6.07) is 56.3. The smallest absolute Gasteiger partial charge is 0.312 e. The molecular formula is C96H84O30. The number of carbonyl (C=O) groups is 6. The molecular weight excluding hydrogens is 1630 g/mol. The van der Waals surface area contributed by atoms with E-state index < -0.39 is 11.9 Å². The van der Waals surface area contributed by atoms with Crippen LogP contribution in [0.5, 0.6) is 138 Å². The second-order valence-corrected chi connectivity index (χ2v) is 29.4. The number of phenolic OH excluding ortho intramolecular Hbond substituents is 14. The molecule has 0 saturated heterocycles. The molecule has 0 amide bonds. The van der Waals surface area contributed by atoms with E-state index in [1.165, 1.54) is 111 Å². The van der Waals surface area contributed by atoms with Gasteiger partial charge in [-0.3, -0.25) is 28.8 Å². The average molecular weight is 1720 g/mol. The Labute approximate surface area is 718 Å². The van der Waals surface area contributed by atoms with Crippen molar-refractivity contribution in [2.24, 2.45) is 0 Å². The fourth-order valence-corrected chi connectivity index (χ4v) is 15.6. The third-order valence-electron chi connectivity index (χ3n) is 21.0. The van der Waals surface area contributed by atoms with Crippen molar-refractivity contribution >= 4 is 35.8 Å². The van der Waals surface area contributed by atoms with Crippen LogP contribution in [0.1, 0.15) is 155 Å². The van der Waals surface area contributed by atoms with E-state index >= 15 is 0 Å². The number of carbonyl (C=O) groups excluding carboxylic acids is 6. The quantitative estimate of drug-likeness (QED) is 0.0399. The first-order valence-corrected chi connectivity index (χ1v) is 39.3. The number of hydrogen-bond donors (Lipinski definition) is 14. The lowest BCUT2D eigenvalue weighted by atomic mass is 9.85. The highest BCUT2D eigenvalue weighted by Crippen LogP contribution is 2.53. The Kier molecular flexibility index (Phi) is 26.6. The van der Waals surface area contributed by atoms with Gasteiger partial charge in [-0.1, -0.05) is 72.8 Å². The zero-order chi connectivity index (χ0) is 89.9. The van der Waals surface area contributed by atoms with Gasteiger partial charge in [0.25, 0.3) is 0 Å². The van der Waals surface area contributed by atoms with Crippen molar-refractivity contribution in [3.8, 4) is 138 Å². The lowest BCUT2D eigenvalue weighted by Crippen LogP contribution is -2.21. The van der Waals surface area contributed by atoms with Crippen LogP contribution in [0.2, 0.25) is 0 Å². The molecule has 0 unspecified atom stereocenters. The van der Waals surface area contributed by atoms with Gasteiger partial charge < -0.3 is 119 Å². The summed E-state index contributed by atoms with van der Waals surface area (Å²) in [4.78, 5) is 70.6. The van der Waals surface area contributed by atoms with Crippen molar-refractivity contribution in [1.82, 2.24) is 0 Å². The van der Waals surface area contributed by atoms with Crippen LogP contribution in [0.3, 0.4) is 0 Å². The topological polar surface area (TPSA) is 478 Å². The molecule has 0 radical (unpaired) electrons. The second kappa shape index (κ2) is 38.3. The molecule has 0 bridgehead atoms. The lowest BCUT2D eigenvalue weighted by molar-refractivity contribution is -0.136. The molecule has 6 aliphatic heterocycles. The Bertz CT molecular complexity index is 5680. The van der Waals surface area contributed by atoms with Crippen LogP contribution in [0.4, 0.5) is 0 Å². The van der Waals surface area contributed by atoms with Gasteiger partial charge in [0.15, 0.2) is 0 Å². The van der Waals surface area contributed by atoms with E-state index in [4.69, 9.17) is 47.4 Å². The van der Waals surface area contributed by atoms with E-state index in [0.717, 1.165) is 55.6 Å². The highest BCUT2D eigenvalue weighted by Gasteiger charge is 2.39. The minimum atomic E-state index is -0.430. The molecule has 0 fully saturated rings. The van der Waals surface area contributed by atoms with Gasteiger partial charge in [-0.25, -0.2) is 0 Å². The van der Waals surface area contributed by atoms with E-state index in [9.17, 15) is 100 Å². The Hall–Kier alpha value is -16.1. The van der Waals surface area contributed by atoms with Gasteiger partial charge >= 0.3 is 35.8 Å². The number of ether oxygens (including phenoxy) is 10. The van der Waals surface area contributed by atoms with Crippen molar-refractivity contribution in [2.75, 3.05) is 27.4 Å². The summed E-state index contributed by atoms with van der Waals surface area (Å²) in [7, 11) is 3.00. The van der Waals surface area contributed by atoms with Gasteiger partial charge in [0.1, 0.15) is 138 Å². The number of fused-ring (bicyclic) bond motifs is 6. The van der Waals surface area contributed by atoms with Gasteiger partial charge in [-0.15, -0.1) is 0 Å². The van der Waals surface area contributed by atoms with Gasteiger partial charge in [0, 0.05) is 142 Å². The minimum Gasteiger partial charge on any atom is -0.508 e. The van der Waals surface area contributed by atoms with Crippen molar-refractivity contribution in [1.29, 1.82) is 0 Å². The van der Waals surface area contributed by atoms with Crippen molar-refractivity contribution in [3.05, 3.63) is 285 Å². The largest absolute Gasteiger partial charge is 0.508 e. The number of phenols is 14. The Morgan fingerprint density at radius 1 is 0.230 bits per heavy atom. The first-order valence-electron chi connectivity index (χ1n) is 39.3. The zero-order valence-corrected chi connectivity index (χ0v) is 67.7. The third kappa shape index (κ3) is 20.4. The van der Waals surface area contributed by atoms with Crippen LogP contribution in [0.15, 0.2) is 218 Å². The van der Waals surface area contributed by atoms with Crippen LogP contribution >= 0.6 is 0 Å². The molecule has 6 heterocycles. The van der Waals surface area contributed by atoms with Gasteiger partial charge in [-0.2, -0.15) is 0 Å². The van der Waals surface area contributed by atoms with Crippen molar-refractivity contribution in [2.45, 2.75) is 87.9 Å². The maximum atomic E-state index is 11.9. The summed E-state index contributed by atoms with van der Waals surface area (Å²) in [6.07, 6.45) is 0.912. The zero-order valence-electron chi connectivity index (χ0n) is 67.7. The van der Waals surface area contributed by atoms with Gasteiger partial charge in [0.2, 0.25) is 0 Å². The van der Waals surface area contributed by atoms with Gasteiger partial charge in [-0.05, 0) is 120 Å². The highest BCUT2D eigenvalue weighted by atomic mass is 16.6. The molecule has 6 aliphatic rings.